The Bertz CT molecular complexity index is 1040. The molecule has 1 N–H and O–H groups in total. The number of ether oxygens (including phenoxy) is 2. The molecule has 0 fully saturated rings. The zero-order valence-corrected chi connectivity index (χ0v) is 22.8. The number of hydrogen-bond acceptors (Lipinski definition) is 7. The van der Waals surface area contributed by atoms with Gasteiger partial charge in [0.2, 0.25) is 11.8 Å². The molecule has 2 rings (SSSR count). The lowest BCUT2D eigenvalue weighted by atomic mass is 9.78. The summed E-state index contributed by atoms with van der Waals surface area (Å²) in [5.41, 5.74) is 0.482. The van der Waals surface area contributed by atoms with Crippen molar-refractivity contribution in [1.82, 2.24) is 10.2 Å². The normalized spacial score (nSPS) is 17.8. The lowest BCUT2D eigenvalue weighted by Crippen LogP contribution is -2.45. The molecule has 2 amide bonds. The number of carbonyl (C=O) groups is 3. The number of carbonyl (C=O) groups excluding carboxylic acids is 3. The van der Waals surface area contributed by atoms with Crippen LogP contribution in [0.1, 0.15) is 46.1 Å². The Hall–Kier alpha value is -2.41. The van der Waals surface area contributed by atoms with Crippen molar-refractivity contribution in [2.24, 2.45) is 5.92 Å². The fourth-order valence-electron chi connectivity index (χ4n) is 4.10. The molecule has 190 valence electrons. The molecule has 35 heavy (non-hydrogen) atoms. The quantitative estimate of drug-likeness (QED) is 0.361. The standard InChI is InChI=1S/C24H29Cl2N3O5S/c1-7-34-21-16(25)8-14(9-17(21)26)19-15(10-27)23(28-22(31)20(19)24(32)33-6)35-11-18(30)29(12(2)3)13(4)5/h8-9,12-13,19-20H,7,11H2,1-6H3,(H,28,31)/t19-,20-/m1/s1. The monoisotopic (exact) mass is 541 g/mol. The Morgan fingerprint density at radius 2 is 1.77 bits per heavy atom. The maximum absolute atomic E-state index is 13.0. The minimum atomic E-state index is -1.34. The van der Waals surface area contributed by atoms with Crippen LogP contribution in [0.5, 0.6) is 5.75 Å². The van der Waals surface area contributed by atoms with Crippen molar-refractivity contribution in [3.8, 4) is 11.8 Å². The molecule has 1 aromatic rings. The first kappa shape index (κ1) is 28.8. The van der Waals surface area contributed by atoms with Gasteiger partial charge in [0.15, 0.2) is 5.75 Å². The molecule has 0 radical (unpaired) electrons. The number of nitrogens with one attached hydrogen (secondary N) is 1. The second kappa shape index (κ2) is 12.5. The summed E-state index contributed by atoms with van der Waals surface area (Å²) in [5, 5.41) is 13.2. The molecule has 1 aliphatic heterocycles. The van der Waals surface area contributed by atoms with Gasteiger partial charge in [0.05, 0.1) is 46.2 Å². The highest BCUT2D eigenvalue weighted by atomic mass is 35.5. The predicted molar refractivity (Wildman–Crippen MR) is 136 cm³/mol. The average Bonchev–Trinajstić information content (AvgIpc) is 2.78. The Labute approximate surface area is 219 Å². The molecular weight excluding hydrogens is 513 g/mol. The fraction of sp³-hybridized carbons (Fsp3) is 0.500. The molecule has 1 heterocycles. The van der Waals surface area contributed by atoms with Gasteiger partial charge < -0.3 is 19.7 Å². The van der Waals surface area contributed by atoms with E-state index in [1.807, 2.05) is 27.7 Å². The Morgan fingerprint density at radius 1 is 1.20 bits per heavy atom. The summed E-state index contributed by atoms with van der Waals surface area (Å²) >= 11 is 13.8. The molecular formula is C24H29Cl2N3O5S. The predicted octanol–water partition coefficient (Wildman–Crippen LogP) is 4.51. The summed E-state index contributed by atoms with van der Waals surface area (Å²) in [5.74, 6) is -3.71. The van der Waals surface area contributed by atoms with Crippen LogP contribution in [-0.2, 0) is 19.1 Å². The van der Waals surface area contributed by atoms with Crippen LogP contribution in [-0.4, -0.2) is 54.2 Å². The first-order valence-corrected chi connectivity index (χ1v) is 12.8. The average molecular weight is 542 g/mol. The van der Waals surface area contributed by atoms with Gasteiger partial charge >= 0.3 is 5.97 Å². The molecule has 0 saturated carbocycles. The third-order valence-corrected chi connectivity index (χ3v) is 6.96. The molecule has 0 aliphatic carbocycles. The third-order valence-electron chi connectivity index (χ3n) is 5.39. The summed E-state index contributed by atoms with van der Waals surface area (Å²) in [7, 11) is 1.16. The van der Waals surface area contributed by atoms with E-state index in [1.165, 1.54) is 12.1 Å². The first-order valence-electron chi connectivity index (χ1n) is 11.1. The van der Waals surface area contributed by atoms with Gasteiger partial charge in [-0.1, -0.05) is 35.0 Å². The van der Waals surface area contributed by atoms with Gasteiger partial charge in [0.1, 0.15) is 5.92 Å². The zero-order chi connectivity index (χ0) is 26.4. The number of methoxy groups -OCH3 is 1. The highest BCUT2D eigenvalue weighted by Crippen LogP contribution is 2.44. The van der Waals surface area contributed by atoms with Crippen LogP contribution in [0.15, 0.2) is 22.7 Å². The number of esters is 1. The van der Waals surface area contributed by atoms with Crippen molar-refractivity contribution < 1.29 is 23.9 Å². The van der Waals surface area contributed by atoms with Crippen LogP contribution in [0.4, 0.5) is 0 Å². The van der Waals surface area contributed by atoms with E-state index in [4.69, 9.17) is 32.7 Å². The van der Waals surface area contributed by atoms with Gasteiger partial charge in [-0.15, -0.1) is 0 Å². The molecule has 1 aromatic carbocycles. The smallest absolute Gasteiger partial charge is 0.319 e. The number of nitriles is 1. The SMILES string of the molecule is CCOc1c(Cl)cc([C@@H]2C(C#N)=C(SCC(=O)N(C(C)C)C(C)C)NC(=O)[C@@H]2C(=O)OC)cc1Cl. The fourth-order valence-corrected chi connectivity index (χ4v) is 5.63. The molecule has 0 aromatic heterocycles. The van der Waals surface area contributed by atoms with Crippen molar-refractivity contribution in [3.63, 3.8) is 0 Å². The molecule has 11 heteroatoms. The lowest BCUT2D eigenvalue weighted by molar-refractivity contribution is -0.150. The summed E-state index contributed by atoms with van der Waals surface area (Å²) in [6.07, 6.45) is 0. The molecule has 0 bridgehead atoms. The van der Waals surface area contributed by atoms with E-state index in [0.29, 0.717) is 12.2 Å². The summed E-state index contributed by atoms with van der Waals surface area (Å²) in [6, 6.07) is 5.10. The van der Waals surface area contributed by atoms with Crippen LogP contribution >= 0.6 is 35.0 Å². The Morgan fingerprint density at radius 3 is 2.23 bits per heavy atom. The minimum Gasteiger partial charge on any atom is -0.491 e. The molecule has 2 atom stereocenters. The van der Waals surface area contributed by atoms with Crippen LogP contribution in [0.2, 0.25) is 10.0 Å². The van der Waals surface area contributed by atoms with Crippen molar-refractivity contribution in [3.05, 3.63) is 38.3 Å². The summed E-state index contributed by atoms with van der Waals surface area (Å²) in [6.45, 7) is 9.78. The van der Waals surface area contributed by atoms with Crippen molar-refractivity contribution in [2.45, 2.75) is 52.6 Å². The van der Waals surface area contributed by atoms with E-state index in [1.54, 1.807) is 11.8 Å². The molecule has 1 aliphatic rings. The highest BCUT2D eigenvalue weighted by Gasteiger charge is 2.45. The molecule has 0 unspecified atom stereocenters. The van der Waals surface area contributed by atoms with Gasteiger partial charge in [-0.25, -0.2) is 0 Å². The molecule has 0 spiro atoms. The van der Waals surface area contributed by atoms with Crippen molar-refractivity contribution >= 4 is 52.7 Å². The van der Waals surface area contributed by atoms with Crippen molar-refractivity contribution in [1.29, 1.82) is 5.26 Å². The van der Waals surface area contributed by atoms with E-state index in [9.17, 15) is 19.6 Å². The second-order valence-electron chi connectivity index (χ2n) is 8.35. The number of hydrogen-bond donors (Lipinski definition) is 1. The molecule has 0 saturated heterocycles. The van der Waals surface area contributed by atoms with E-state index >= 15 is 0 Å². The van der Waals surface area contributed by atoms with E-state index in [0.717, 1.165) is 18.9 Å². The van der Waals surface area contributed by atoms with Gasteiger partial charge in [-0.3, -0.25) is 14.4 Å². The maximum Gasteiger partial charge on any atom is 0.319 e. The maximum atomic E-state index is 13.0. The molecule has 8 nitrogen and oxygen atoms in total. The van der Waals surface area contributed by atoms with Gasteiger partial charge in [0.25, 0.3) is 0 Å². The van der Waals surface area contributed by atoms with E-state index in [2.05, 4.69) is 11.4 Å². The Kier molecular flexibility index (Phi) is 10.3. The zero-order valence-electron chi connectivity index (χ0n) is 20.5. The van der Waals surface area contributed by atoms with Crippen LogP contribution in [0, 0.1) is 17.2 Å². The number of thioether (sulfide) groups is 1. The number of halogens is 2. The number of rotatable bonds is 9. The minimum absolute atomic E-state index is 0.00243. The third kappa shape index (κ3) is 6.43. The van der Waals surface area contributed by atoms with Gasteiger partial charge in [-0.2, -0.15) is 5.26 Å². The van der Waals surface area contributed by atoms with Gasteiger partial charge in [0, 0.05) is 18.0 Å². The van der Waals surface area contributed by atoms with E-state index < -0.39 is 23.7 Å². The largest absolute Gasteiger partial charge is 0.491 e. The van der Waals surface area contributed by atoms with Crippen LogP contribution in [0.25, 0.3) is 0 Å². The van der Waals surface area contributed by atoms with Crippen LogP contribution in [0.3, 0.4) is 0 Å². The number of amides is 2. The highest BCUT2D eigenvalue weighted by molar-refractivity contribution is 8.03. The van der Waals surface area contributed by atoms with Gasteiger partial charge in [-0.05, 0) is 52.3 Å². The number of benzene rings is 1. The topological polar surface area (TPSA) is 109 Å². The Balaban J connectivity index is 2.56. The first-order chi connectivity index (χ1) is 16.5. The van der Waals surface area contributed by atoms with Crippen molar-refractivity contribution in [2.75, 3.05) is 19.5 Å². The summed E-state index contributed by atoms with van der Waals surface area (Å²) < 4.78 is 10.3. The van der Waals surface area contributed by atoms with Crippen LogP contribution < -0.4 is 10.1 Å². The number of nitrogens with zero attached hydrogens (tertiary/aromatic N) is 2. The second-order valence-corrected chi connectivity index (χ2v) is 10.1. The number of allylic oxidation sites excluding steroid dienone is 1. The van der Waals surface area contributed by atoms with E-state index in [-0.39, 0.29) is 50.1 Å². The lowest BCUT2D eigenvalue weighted by Gasteiger charge is -2.33. The summed E-state index contributed by atoms with van der Waals surface area (Å²) in [4.78, 5) is 40.2.